The molecule has 6 heteroatoms. The fraction of sp³-hybridized carbons (Fsp3) is 0.387. The number of fused-ring (bicyclic) bond motifs is 2. The summed E-state index contributed by atoms with van der Waals surface area (Å²) in [6.07, 6.45) is 2.94. The average Bonchev–Trinajstić information content (AvgIpc) is 3.27. The SMILES string of the molecule is Cc1ccccc1C(=O)N(C)C[C@H](CCN1CCC2(CC1)OCc1ccccc12)c1ccc(Cl)c(Cl)c1. The van der Waals surface area contributed by atoms with Gasteiger partial charge in [-0.3, -0.25) is 4.79 Å². The number of rotatable bonds is 7. The molecule has 0 N–H and O–H groups in total. The van der Waals surface area contributed by atoms with E-state index in [-0.39, 0.29) is 17.4 Å². The van der Waals surface area contributed by atoms with Crippen molar-refractivity contribution in [2.24, 2.45) is 0 Å². The van der Waals surface area contributed by atoms with E-state index in [0.717, 1.165) is 62.2 Å². The van der Waals surface area contributed by atoms with Gasteiger partial charge in [0.05, 0.1) is 22.3 Å². The Balaban J connectivity index is 1.26. The molecule has 1 atom stereocenters. The summed E-state index contributed by atoms with van der Waals surface area (Å²) in [4.78, 5) is 17.6. The largest absolute Gasteiger partial charge is 0.365 e. The van der Waals surface area contributed by atoms with Crippen molar-refractivity contribution in [1.29, 1.82) is 0 Å². The highest BCUT2D eigenvalue weighted by Crippen LogP contribution is 2.44. The van der Waals surface area contributed by atoms with Gasteiger partial charge in [-0.15, -0.1) is 0 Å². The van der Waals surface area contributed by atoms with Gasteiger partial charge in [0.25, 0.3) is 5.91 Å². The second-order valence-electron chi connectivity index (χ2n) is 10.4. The molecule has 4 nitrogen and oxygen atoms in total. The number of amides is 1. The Hall–Kier alpha value is -2.37. The Morgan fingerprint density at radius 1 is 1.03 bits per heavy atom. The van der Waals surface area contributed by atoms with Gasteiger partial charge in [0.2, 0.25) is 0 Å². The number of likely N-dealkylation sites (tertiary alicyclic amines) is 1. The van der Waals surface area contributed by atoms with E-state index in [1.807, 2.05) is 61.3 Å². The molecule has 1 fully saturated rings. The summed E-state index contributed by atoms with van der Waals surface area (Å²) >= 11 is 12.6. The topological polar surface area (TPSA) is 32.8 Å². The second-order valence-corrected chi connectivity index (χ2v) is 11.3. The van der Waals surface area contributed by atoms with Crippen LogP contribution in [-0.2, 0) is 16.9 Å². The number of hydrogen-bond donors (Lipinski definition) is 0. The van der Waals surface area contributed by atoms with Gasteiger partial charge in [-0.05, 0) is 73.2 Å². The molecule has 37 heavy (non-hydrogen) atoms. The van der Waals surface area contributed by atoms with Crippen LogP contribution < -0.4 is 0 Å². The van der Waals surface area contributed by atoms with E-state index in [1.54, 1.807) is 0 Å². The van der Waals surface area contributed by atoms with E-state index in [9.17, 15) is 4.79 Å². The molecule has 3 aromatic carbocycles. The number of benzene rings is 3. The van der Waals surface area contributed by atoms with Gasteiger partial charge in [-0.1, -0.05) is 71.7 Å². The van der Waals surface area contributed by atoms with Crippen molar-refractivity contribution >= 4 is 29.1 Å². The van der Waals surface area contributed by atoms with Crippen LogP contribution in [0.4, 0.5) is 0 Å². The Morgan fingerprint density at radius 3 is 2.51 bits per heavy atom. The molecule has 2 heterocycles. The number of carbonyl (C=O) groups excluding carboxylic acids is 1. The highest BCUT2D eigenvalue weighted by atomic mass is 35.5. The van der Waals surface area contributed by atoms with Crippen LogP contribution in [0.25, 0.3) is 0 Å². The number of halogens is 2. The molecule has 194 valence electrons. The lowest BCUT2D eigenvalue weighted by atomic mass is 9.83. The van der Waals surface area contributed by atoms with Crippen LogP contribution in [-0.4, -0.2) is 48.9 Å². The van der Waals surface area contributed by atoms with Crippen molar-refractivity contribution in [3.05, 3.63) is 105 Å². The number of aryl methyl sites for hydroxylation is 1. The van der Waals surface area contributed by atoms with Gasteiger partial charge < -0.3 is 14.5 Å². The van der Waals surface area contributed by atoms with Crippen molar-refractivity contribution in [3.63, 3.8) is 0 Å². The Bertz CT molecular complexity index is 1270. The zero-order valence-corrected chi connectivity index (χ0v) is 23.1. The number of ether oxygens (including phenoxy) is 1. The Morgan fingerprint density at radius 2 is 1.76 bits per heavy atom. The van der Waals surface area contributed by atoms with Crippen LogP contribution in [0.5, 0.6) is 0 Å². The summed E-state index contributed by atoms with van der Waals surface area (Å²) in [6, 6.07) is 22.2. The third-order valence-corrected chi connectivity index (χ3v) is 8.84. The quantitative estimate of drug-likeness (QED) is 0.323. The van der Waals surface area contributed by atoms with Gasteiger partial charge in [0.15, 0.2) is 0 Å². The summed E-state index contributed by atoms with van der Waals surface area (Å²) in [5.41, 5.74) is 5.42. The number of hydrogen-bond acceptors (Lipinski definition) is 3. The first-order valence-corrected chi connectivity index (χ1v) is 13.8. The number of nitrogens with zero attached hydrogens (tertiary/aromatic N) is 2. The predicted octanol–water partition coefficient (Wildman–Crippen LogP) is 7.07. The molecule has 1 spiro atoms. The molecule has 0 bridgehead atoms. The van der Waals surface area contributed by atoms with Gasteiger partial charge in [-0.2, -0.15) is 0 Å². The van der Waals surface area contributed by atoms with E-state index < -0.39 is 0 Å². The first kappa shape index (κ1) is 26.2. The van der Waals surface area contributed by atoms with Crippen molar-refractivity contribution in [2.75, 3.05) is 33.2 Å². The fourth-order valence-electron chi connectivity index (χ4n) is 5.84. The maximum Gasteiger partial charge on any atom is 0.253 e. The molecule has 1 saturated heterocycles. The number of carbonyl (C=O) groups is 1. The first-order valence-electron chi connectivity index (χ1n) is 13.1. The second kappa shape index (κ2) is 11.2. The van der Waals surface area contributed by atoms with Gasteiger partial charge >= 0.3 is 0 Å². The van der Waals surface area contributed by atoms with Crippen LogP contribution in [0.15, 0.2) is 66.7 Å². The minimum Gasteiger partial charge on any atom is -0.365 e. The minimum atomic E-state index is -0.129. The van der Waals surface area contributed by atoms with Crippen LogP contribution >= 0.6 is 23.2 Å². The summed E-state index contributed by atoms with van der Waals surface area (Å²) in [5, 5.41) is 1.10. The first-order chi connectivity index (χ1) is 17.9. The zero-order valence-electron chi connectivity index (χ0n) is 21.6. The standard InChI is InChI=1S/C31H34Cl2N2O2/c1-22-7-3-5-9-26(22)30(36)34(2)20-24(23-11-12-28(32)29(33)19-23)13-16-35-17-14-31(15-18-35)27-10-6-4-8-25(27)21-37-31/h3-12,19,24H,13-18,20-21H2,1-2H3/t24-/m0/s1. The highest BCUT2D eigenvalue weighted by molar-refractivity contribution is 6.42. The lowest BCUT2D eigenvalue weighted by Gasteiger charge is -2.40. The van der Waals surface area contributed by atoms with Crippen LogP contribution in [0, 0.1) is 6.92 Å². The monoisotopic (exact) mass is 536 g/mol. The normalized spacial score (nSPS) is 17.5. The minimum absolute atomic E-state index is 0.0418. The highest BCUT2D eigenvalue weighted by Gasteiger charge is 2.42. The average molecular weight is 538 g/mol. The summed E-state index contributed by atoms with van der Waals surface area (Å²) in [7, 11) is 1.89. The molecule has 2 aliphatic rings. The van der Waals surface area contributed by atoms with Gasteiger partial charge in [-0.25, -0.2) is 0 Å². The maximum atomic E-state index is 13.3. The zero-order chi connectivity index (χ0) is 26.0. The molecule has 0 aromatic heterocycles. The van der Waals surface area contributed by atoms with Crippen LogP contribution in [0.1, 0.15) is 57.8 Å². The fourth-order valence-corrected chi connectivity index (χ4v) is 6.14. The van der Waals surface area contributed by atoms with E-state index in [4.69, 9.17) is 27.9 Å². The third kappa shape index (κ3) is 5.58. The Kier molecular flexibility index (Phi) is 7.92. The predicted molar refractivity (Wildman–Crippen MR) is 151 cm³/mol. The molecular formula is C31H34Cl2N2O2. The smallest absolute Gasteiger partial charge is 0.253 e. The van der Waals surface area contributed by atoms with E-state index in [1.165, 1.54) is 11.1 Å². The van der Waals surface area contributed by atoms with Crippen molar-refractivity contribution in [2.45, 2.75) is 44.3 Å². The third-order valence-electron chi connectivity index (χ3n) is 8.10. The summed E-state index contributed by atoms with van der Waals surface area (Å²) in [5.74, 6) is 0.187. The van der Waals surface area contributed by atoms with Crippen molar-refractivity contribution < 1.29 is 9.53 Å². The lowest BCUT2D eigenvalue weighted by molar-refractivity contribution is -0.0790. The van der Waals surface area contributed by atoms with E-state index in [0.29, 0.717) is 16.6 Å². The molecule has 0 aliphatic carbocycles. The molecule has 5 rings (SSSR count). The van der Waals surface area contributed by atoms with Crippen molar-refractivity contribution in [1.82, 2.24) is 9.80 Å². The number of piperidine rings is 1. The van der Waals surface area contributed by atoms with Crippen LogP contribution in [0.3, 0.4) is 0 Å². The molecule has 1 amide bonds. The summed E-state index contributed by atoms with van der Waals surface area (Å²) < 4.78 is 6.35. The number of likely N-dealkylation sites (N-methyl/N-ethyl adjacent to an activating group) is 1. The lowest BCUT2D eigenvalue weighted by Crippen LogP contribution is -2.43. The van der Waals surface area contributed by atoms with Crippen LogP contribution in [0.2, 0.25) is 10.0 Å². The maximum absolute atomic E-state index is 13.3. The molecule has 2 aliphatic heterocycles. The molecule has 0 radical (unpaired) electrons. The molecule has 0 unspecified atom stereocenters. The molecular weight excluding hydrogens is 503 g/mol. The molecule has 3 aromatic rings. The summed E-state index contributed by atoms with van der Waals surface area (Å²) in [6.45, 7) is 6.26. The van der Waals surface area contributed by atoms with Gasteiger partial charge in [0.1, 0.15) is 0 Å². The van der Waals surface area contributed by atoms with E-state index >= 15 is 0 Å². The van der Waals surface area contributed by atoms with Crippen molar-refractivity contribution in [3.8, 4) is 0 Å². The Labute approximate surface area is 230 Å². The van der Waals surface area contributed by atoms with E-state index in [2.05, 4.69) is 29.2 Å². The van der Waals surface area contributed by atoms with Gasteiger partial charge in [0, 0.05) is 38.2 Å². The molecule has 0 saturated carbocycles.